The van der Waals surface area contributed by atoms with Gasteiger partial charge in [-0.3, -0.25) is 4.90 Å². The second-order valence-corrected chi connectivity index (χ2v) is 4.78. The summed E-state index contributed by atoms with van der Waals surface area (Å²) in [5, 5.41) is 5.26. The molecule has 0 aliphatic carbocycles. The van der Waals surface area contributed by atoms with Crippen LogP contribution < -0.4 is 0 Å². The number of rotatable bonds is 4. The number of para-hydroxylation sites is 1. The van der Waals surface area contributed by atoms with Gasteiger partial charge in [-0.1, -0.05) is 47.6 Å². The van der Waals surface area contributed by atoms with Gasteiger partial charge in [0.05, 0.1) is 0 Å². The molecule has 0 bridgehead atoms. The smallest absolute Gasteiger partial charge is 0.167 e. The van der Waals surface area contributed by atoms with E-state index in [4.69, 9.17) is 4.52 Å². The van der Waals surface area contributed by atoms with Crippen molar-refractivity contribution in [1.29, 1.82) is 0 Å². The molecule has 3 aromatic rings. The van der Waals surface area contributed by atoms with E-state index in [0.29, 0.717) is 0 Å². The summed E-state index contributed by atoms with van der Waals surface area (Å²) in [6, 6.07) is 18.4. The van der Waals surface area contributed by atoms with E-state index >= 15 is 0 Å². The Morgan fingerprint density at radius 2 is 1.68 bits per heavy atom. The molecule has 0 fully saturated rings. The van der Waals surface area contributed by atoms with Crippen molar-refractivity contribution in [2.45, 2.75) is 13.1 Å². The summed E-state index contributed by atoms with van der Waals surface area (Å²) >= 11 is 0. The Hall–Kier alpha value is -2.13. The number of aromatic nitrogens is 1. The lowest BCUT2D eigenvalue weighted by Crippen LogP contribution is -2.17. The summed E-state index contributed by atoms with van der Waals surface area (Å²) in [4.78, 5) is 2.24. The SMILES string of the molecule is CN(Cc1ccccc1)Cc1noc2ccccc12. The molecule has 0 N–H and O–H groups in total. The van der Waals surface area contributed by atoms with Gasteiger partial charge in [0.15, 0.2) is 5.58 Å². The van der Waals surface area contributed by atoms with Crippen molar-refractivity contribution in [3.8, 4) is 0 Å². The van der Waals surface area contributed by atoms with E-state index in [2.05, 4.69) is 47.4 Å². The van der Waals surface area contributed by atoms with E-state index in [-0.39, 0.29) is 0 Å². The van der Waals surface area contributed by atoms with Gasteiger partial charge in [-0.15, -0.1) is 0 Å². The molecule has 1 heterocycles. The zero-order chi connectivity index (χ0) is 13.1. The highest BCUT2D eigenvalue weighted by Crippen LogP contribution is 2.19. The monoisotopic (exact) mass is 252 g/mol. The molecular formula is C16H16N2O. The first-order valence-electron chi connectivity index (χ1n) is 6.39. The summed E-state index contributed by atoms with van der Waals surface area (Å²) in [6.45, 7) is 1.69. The molecule has 0 atom stereocenters. The van der Waals surface area contributed by atoms with E-state index in [1.807, 2.05) is 24.3 Å². The Balaban J connectivity index is 1.74. The lowest BCUT2D eigenvalue weighted by Gasteiger charge is -2.15. The van der Waals surface area contributed by atoms with Crippen LogP contribution in [0.4, 0.5) is 0 Å². The average molecular weight is 252 g/mol. The first-order chi connectivity index (χ1) is 9.33. The quantitative estimate of drug-likeness (QED) is 0.712. The van der Waals surface area contributed by atoms with Crippen LogP contribution in [-0.2, 0) is 13.1 Å². The second kappa shape index (κ2) is 5.24. The largest absolute Gasteiger partial charge is 0.356 e. The van der Waals surface area contributed by atoms with Crippen molar-refractivity contribution in [3.63, 3.8) is 0 Å². The molecule has 0 aliphatic rings. The molecule has 3 nitrogen and oxygen atoms in total. The van der Waals surface area contributed by atoms with Gasteiger partial charge in [-0.2, -0.15) is 0 Å². The summed E-state index contributed by atoms with van der Waals surface area (Å²) in [5.41, 5.74) is 3.15. The first kappa shape index (κ1) is 11.9. The Morgan fingerprint density at radius 1 is 0.947 bits per heavy atom. The van der Waals surface area contributed by atoms with E-state index in [1.54, 1.807) is 0 Å². The van der Waals surface area contributed by atoms with Gasteiger partial charge in [-0.25, -0.2) is 0 Å². The van der Waals surface area contributed by atoms with Crippen LogP contribution in [-0.4, -0.2) is 17.1 Å². The van der Waals surface area contributed by atoms with Gasteiger partial charge < -0.3 is 4.52 Å². The van der Waals surface area contributed by atoms with Crippen molar-refractivity contribution >= 4 is 11.0 Å². The third-order valence-electron chi connectivity index (χ3n) is 3.17. The predicted molar refractivity (Wildman–Crippen MR) is 75.6 cm³/mol. The molecule has 0 radical (unpaired) electrons. The first-order valence-corrected chi connectivity index (χ1v) is 6.39. The predicted octanol–water partition coefficient (Wildman–Crippen LogP) is 3.46. The number of hydrogen-bond acceptors (Lipinski definition) is 3. The highest BCUT2D eigenvalue weighted by Gasteiger charge is 2.09. The molecule has 2 aromatic carbocycles. The minimum absolute atomic E-state index is 0.784. The molecule has 19 heavy (non-hydrogen) atoms. The Bertz CT molecular complexity index is 661. The molecule has 0 amide bonds. The third kappa shape index (κ3) is 2.66. The lowest BCUT2D eigenvalue weighted by atomic mass is 10.2. The maximum atomic E-state index is 5.32. The third-order valence-corrected chi connectivity index (χ3v) is 3.17. The van der Waals surface area contributed by atoms with Crippen LogP contribution in [0.1, 0.15) is 11.3 Å². The maximum Gasteiger partial charge on any atom is 0.167 e. The summed E-state index contributed by atoms with van der Waals surface area (Å²) in [7, 11) is 2.09. The van der Waals surface area contributed by atoms with Crippen LogP contribution >= 0.6 is 0 Å². The Morgan fingerprint density at radius 3 is 2.53 bits per heavy atom. The van der Waals surface area contributed by atoms with Gasteiger partial charge in [0.25, 0.3) is 0 Å². The zero-order valence-corrected chi connectivity index (χ0v) is 10.9. The number of benzene rings is 2. The summed E-state index contributed by atoms with van der Waals surface area (Å²) in [6.07, 6.45) is 0. The normalized spacial score (nSPS) is 11.3. The molecule has 1 aromatic heterocycles. The molecule has 0 spiro atoms. The lowest BCUT2D eigenvalue weighted by molar-refractivity contribution is 0.306. The fraction of sp³-hybridized carbons (Fsp3) is 0.188. The van der Waals surface area contributed by atoms with Crippen LogP contribution in [0.5, 0.6) is 0 Å². The fourth-order valence-electron chi connectivity index (χ4n) is 2.26. The van der Waals surface area contributed by atoms with Crippen LogP contribution in [0.3, 0.4) is 0 Å². The van der Waals surface area contributed by atoms with Crippen LogP contribution in [0.15, 0.2) is 59.1 Å². The molecule has 0 saturated carbocycles. The van der Waals surface area contributed by atoms with Crippen molar-refractivity contribution < 1.29 is 4.52 Å². The van der Waals surface area contributed by atoms with Crippen LogP contribution in [0, 0.1) is 0 Å². The van der Waals surface area contributed by atoms with Gasteiger partial charge in [-0.05, 0) is 24.7 Å². The Labute approximate surface area is 112 Å². The summed E-state index contributed by atoms with van der Waals surface area (Å²) in [5.74, 6) is 0. The van der Waals surface area contributed by atoms with Gasteiger partial charge in [0.2, 0.25) is 0 Å². The van der Waals surface area contributed by atoms with E-state index < -0.39 is 0 Å². The zero-order valence-electron chi connectivity index (χ0n) is 10.9. The van der Waals surface area contributed by atoms with E-state index in [0.717, 1.165) is 29.8 Å². The van der Waals surface area contributed by atoms with Gasteiger partial charge in [0, 0.05) is 18.5 Å². The van der Waals surface area contributed by atoms with E-state index in [1.165, 1.54) is 5.56 Å². The molecule has 3 rings (SSSR count). The highest BCUT2D eigenvalue weighted by atomic mass is 16.5. The molecule has 0 aliphatic heterocycles. The van der Waals surface area contributed by atoms with Crippen molar-refractivity contribution in [3.05, 3.63) is 65.9 Å². The van der Waals surface area contributed by atoms with Crippen molar-refractivity contribution in [2.75, 3.05) is 7.05 Å². The van der Waals surface area contributed by atoms with Crippen molar-refractivity contribution in [2.24, 2.45) is 0 Å². The van der Waals surface area contributed by atoms with Crippen molar-refractivity contribution in [1.82, 2.24) is 10.1 Å². The molecule has 3 heteroatoms. The molecule has 0 saturated heterocycles. The highest BCUT2D eigenvalue weighted by molar-refractivity contribution is 5.79. The topological polar surface area (TPSA) is 29.3 Å². The Kier molecular flexibility index (Phi) is 3.29. The fourth-order valence-corrected chi connectivity index (χ4v) is 2.26. The molecular weight excluding hydrogens is 236 g/mol. The van der Waals surface area contributed by atoms with E-state index in [9.17, 15) is 0 Å². The second-order valence-electron chi connectivity index (χ2n) is 4.78. The minimum Gasteiger partial charge on any atom is -0.356 e. The van der Waals surface area contributed by atoms with Gasteiger partial charge in [0.1, 0.15) is 5.69 Å². The minimum atomic E-state index is 0.784. The number of nitrogens with zero attached hydrogens (tertiary/aromatic N) is 2. The molecule has 0 unspecified atom stereocenters. The maximum absolute atomic E-state index is 5.32. The summed E-state index contributed by atoms with van der Waals surface area (Å²) < 4.78 is 5.32. The van der Waals surface area contributed by atoms with Gasteiger partial charge >= 0.3 is 0 Å². The number of hydrogen-bond donors (Lipinski definition) is 0. The standard InChI is InChI=1S/C16H16N2O/c1-18(11-13-7-3-2-4-8-13)12-15-14-9-5-6-10-16(14)19-17-15/h2-10H,11-12H2,1H3. The molecule has 96 valence electrons. The van der Waals surface area contributed by atoms with Crippen LogP contribution in [0.25, 0.3) is 11.0 Å². The van der Waals surface area contributed by atoms with Crippen LogP contribution in [0.2, 0.25) is 0 Å². The average Bonchev–Trinajstić information content (AvgIpc) is 2.83. The number of fused-ring (bicyclic) bond motifs is 1.